The number of carbonyl (C=O) groups excluding carboxylic acids is 1. The number of rotatable bonds is 8. The molecule has 1 aromatic heterocycles. The summed E-state index contributed by atoms with van der Waals surface area (Å²) >= 11 is 0. The van der Waals surface area contributed by atoms with Crippen LogP contribution in [0.25, 0.3) is 0 Å². The van der Waals surface area contributed by atoms with Crippen molar-refractivity contribution in [2.75, 3.05) is 38.8 Å². The van der Waals surface area contributed by atoms with Gasteiger partial charge in [0.2, 0.25) is 11.8 Å². The largest absolute Gasteiger partial charge is 0.493 e. The number of benzene rings is 1. The Morgan fingerprint density at radius 1 is 1.27 bits per heavy atom. The number of para-hydroxylation sites is 1. The molecule has 0 saturated carbocycles. The fraction of sp³-hybridized carbons (Fsp3) is 0.500. The van der Waals surface area contributed by atoms with Crippen molar-refractivity contribution < 1.29 is 19.0 Å². The summed E-state index contributed by atoms with van der Waals surface area (Å²) in [6, 6.07) is 7.29. The molecule has 30 heavy (non-hydrogen) atoms. The van der Waals surface area contributed by atoms with Crippen LogP contribution in [0.1, 0.15) is 31.0 Å². The zero-order valence-corrected chi connectivity index (χ0v) is 18.1. The number of anilines is 1. The fourth-order valence-corrected chi connectivity index (χ4v) is 3.59. The Kier molecular flexibility index (Phi) is 7.32. The van der Waals surface area contributed by atoms with Crippen molar-refractivity contribution in [1.82, 2.24) is 15.3 Å². The van der Waals surface area contributed by atoms with Gasteiger partial charge in [-0.1, -0.05) is 19.1 Å². The van der Waals surface area contributed by atoms with Crippen LogP contribution >= 0.6 is 0 Å². The number of piperidine rings is 1. The van der Waals surface area contributed by atoms with E-state index >= 15 is 0 Å². The molecule has 1 aliphatic heterocycles. The Morgan fingerprint density at radius 2 is 2.10 bits per heavy atom. The standard InChI is InChI=1S/C22H30N4O4/c1-15-7-6-10-26(13-15)22-24-16(2)11-20(25-22)30-14-19(27)23-12-17-8-5-9-18(28-3)21(17)29-4/h5,8-9,11,15H,6-7,10,12-14H2,1-4H3,(H,23,27)/t15-/m1/s1. The van der Waals surface area contributed by atoms with Crippen LogP contribution in [0, 0.1) is 12.8 Å². The van der Waals surface area contributed by atoms with Crippen LogP contribution in [-0.4, -0.2) is 49.8 Å². The Balaban J connectivity index is 1.57. The summed E-state index contributed by atoms with van der Waals surface area (Å²) in [4.78, 5) is 23.5. The highest BCUT2D eigenvalue weighted by atomic mass is 16.5. The van der Waals surface area contributed by atoms with Crippen LogP contribution < -0.4 is 24.4 Å². The fourth-order valence-electron chi connectivity index (χ4n) is 3.59. The van der Waals surface area contributed by atoms with E-state index in [0.717, 1.165) is 30.8 Å². The summed E-state index contributed by atoms with van der Waals surface area (Å²) in [5.74, 6) is 2.67. The molecular weight excluding hydrogens is 384 g/mol. The van der Waals surface area contributed by atoms with Gasteiger partial charge in [-0.15, -0.1) is 0 Å². The van der Waals surface area contributed by atoms with Crippen LogP contribution in [0.4, 0.5) is 5.95 Å². The molecule has 2 heterocycles. The first-order chi connectivity index (χ1) is 14.5. The first-order valence-corrected chi connectivity index (χ1v) is 10.2. The lowest BCUT2D eigenvalue weighted by atomic mass is 10.0. The molecule has 0 unspecified atom stereocenters. The second kappa shape index (κ2) is 10.1. The number of nitrogens with zero attached hydrogens (tertiary/aromatic N) is 3. The van der Waals surface area contributed by atoms with Crippen molar-refractivity contribution in [3.63, 3.8) is 0 Å². The van der Waals surface area contributed by atoms with Crippen molar-refractivity contribution in [1.29, 1.82) is 0 Å². The van der Waals surface area contributed by atoms with Crippen molar-refractivity contribution in [3.8, 4) is 17.4 Å². The van der Waals surface area contributed by atoms with E-state index in [-0.39, 0.29) is 12.5 Å². The lowest BCUT2D eigenvalue weighted by molar-refractivity contribution is -0.123. The van der Waals surface area contributed by atoms with Gasteiger partial charge in [0.25, 0.3) is 5.91 Å². The van der Waals surface area contributed by atoms with E-state index in [0.29, 0.717) is 35.8 Å². The number of methoxy groups -OCH3 is 2. The molecule has 1 amide bonds. The second-order valence-corrected chi connectivity index (χ2v) is 7.56. The van der Waals surface area contributed by atoms with E-state index in [4.69, 9.17) is 14.2 Å². The van der Waals surface area contributed by atoms with Crippen LogP contribution in [0.15, 0.2) is 24.3 Å². The number of hydrogen-bond acceptors (Lipinski definition) is 7. The third-order valence-electron chi connectivity index (χ3n) is 5.07. The van der Waals surface area contributed by atoms with Gasteiger partial charge in [-0.2, -0.15) is 4.98 Å². The smallest absolute Gasteiger partial charge is 0.258 e. The van der Waals surface area contributed by atoms with E-state index in [1.165, 1.54) is 6.42 Å². The minimum absolute atomic E-state index is 0.126. The maximum Gasteiger partial charge on any atom is 0.258 e. The highest BCUT2D eigenvalue weighted by Crippen LogP contribution is 2.30. The molecule has 0 bridgehead atoms. The van der Waals surface area contributed by atoms with Gasteiger partial charge in [0, 0.05) is 37.0 Å². The molecule has 1 aromatic carbocycles. The maximum absolute atomic E-state index is 12.3. The van der Waals surface area contributed by atoms with Crippen molar-refractivity contribution in [3.05, 3.63) is 35.5 Å². The van der Waals surface area contributed by atoms with Crippen molar-refractivity contribution in [2.24, 2.45) is 5.92 Å². The topological polar surface area (TPSA) is 85.8 Å². The molecule has 3 rings (SSSR count). The van der Waals surface area contributed by atoms with Gasteiger partial charge in [0.1, 0.15) is 0 Å². The van der Waals surface area contributed by atoms with Crippen LogP contribution in [0.2, 0.25) is 0 Å². The molecule has 0 spiro atoms. The van der Waals surface area contributed by atoms with Gasteiger partial charge < -0.3 is 24.4 Å². The Labute approximate surface area is 177 Å². The number of ether oxygens (including phenoxy) is 3. The number of amides is 1. The van der Waals surface area contributed by atoms with Crippen LogP contribution in [-0.2, 0) is 11.3 Å². The van der Waals surface area contributed by atoms with E-state index in [1.54, 1.807) is 20.3 Å². The molecule has 1 atom stereocenters. The summed E-state index contributed by atoms with van der Waals surface area (Å²) in [6.45, 7) is 6.20. The Morgan fingerprint density at radius 3 is 2.83 bits per heavy atom. The Bertz CT molecular complexity index is 874. The molecule has 8 nitrogen and oxygen atoms in total. The third-order valence-corrected chi connectivity index (χ3v) is 5.07. The molecule has 1 saturated heterocycles. The lowest BCUT2D eigenvalue weighted by Gasteiger charge is -2.31. The molecule has 1 fully saturated rings. The van der Waals surface area contributed by atoms with Crippen LogP contribution in [0.3, 0.4) is 0 Å². The molecule has 162 valence electrons. The minimum Gasteiger partial charge on any atom is -0.493 e. The molecular formula is C22H30N4O4. The highest BCUT2D eigenvalue weighted by molar-refractivity contribution is 5.77. The van der Waals surface area contributed by atoms with Gasteiger partial charge in [-0.3, -0.25) is 4.79 Å². The molecule has 1 aliphatic rings. The van der Waals surface area contributed by atoms with Crippen molar-refractivity contribution >= 4 is 11.9 Å². The first kappa shape index (κ1) is 21.7. The summed E-state index contributed by atoms with van der Waals surface area (Å²) in [6.07, 6.45) is 2.36. The number of hydrogen-bond donors (Lipinski definition) is 1. The van der Waals surface area contributed by atoms with Gasteiger partial charge in [-0.05, 0) is 31.7 Å². The number of aryl methyl sites for hydroxylation is 1. The highest BCUT2D eigenvalue weighted by Gasteiger charge is 2.20. The SMILES string of the molecule is COc1cccc(CNC(=O)COc2cc(C)nc(N3CCC[C@@H](C)C3)n2)c1OC. The van der Waals surface area contributed by atoms with Gasteiger partial charge in [-0.25, -0.2) is 4.98 Å². The summed E-state index contributed by atoms with van der Waals surface area (Å²) in [5, 5.41) is 2.84. The van der Waals surface area contributed by atoms with E-state index in [9.17, 15) is 4.79 Å². The molecule has 0 aliphatic carbocycles. The number of aromatic nitrogens is 2. The van der Waals surface area contributed by atoms with Crippen LogP contribution in [0.5, 0.6) is 17.4 Å². The van der Waals surface area contributed by atoms with E-state index in [1.807, 2.05) is 25.1 Å². The lowest BCUT2D eigenvalue weighted by Crippen LogP contribution is -2.35. The Hall–Kier alpha value is -3.03. The zero-order chi connectivity index (χ0) is 21.5. The molecule has 2 aromatic rings. The average Bonchev–Trinajstić information content (AvgIpc) is 2.75. The molecule has 1 N–H and O–H groups in total. The number of nitrogens with one attached hydrogen (secondary N) is 1. The third kappa shape index (κ3) is 5.52. The average molecular weight is 415 g/mol. The number of carbonyl (C=O) groups is 1. The predicted molar refractivity (Wildman–Crippen MR) is 114 cm³/mol. The second-order valence-electron chi connectivity index (χ2n) is 7.56. The van der Waals surface area contributed by atoms with Gasteiger partial charge in [0.05, 0.1) is 14.2 Å². The molecule has 0 radical (unpaired) electrons. The van der Waals surface area contributed by atoms with E-state index in [2.05, 4.69) is 27.1 Å². The monoisotopic (exact) mass is 414 g/mol. The summed E-state index contributed by atoms with van der Waals surface area (Å²) < 4.78 is 16.3. The van der Waals surface area contributed by atoms with Gasteiger partial charge >= 0.3 is 0 Å². The van der Waals surface area contributed by atoms with Crippen molar-refractivity contribution in [2.45, 2.75) is 33.2 Å². The van der Waals surface area contributed by atoms with Gasteiger partial charge in [0.15, 0.2) is 18.1 Å². The maximum atomic E-state index is 12.3. The predicted octanol–water partition coefficient (Wildman–Crippen LogP) is 2.73. The summed E-state index contributed by atoms with van der Waals surface area (Å²) in [7, 11) is 3.15. The zero-order valence-electron chi connectivity index (χ0n) is 18.1. The summed E-state index contributed by atoms with van der Waals surface area (Å²) in [5.41, 5.74) is 1.64. The minimum atomic E-state index is -0.246. The van der Waals surface area contributed by atoms with E-state index < -0.39 is 0 Å². The molecule has 8 heteroatoms. The first-order valence-electron chi connectivity index (χ1n) is 10.2. The quantitative estimate of drug-likeness (QED) is 0.711. The normalized spacial score (nSPS) is 16.1.